The third-order valence-corrected chi connectivity index (χ3v) is 3.40. The van der Waals surface area contributed by atoms with Gasteiger partial charge in [0.25, 0.3) is 0 Å². The second-order valence-electron chi connectivity index (χ2n) is 4.87. The molecule has 3 heteroatoms. The number of ketones is 1. The first-order valence-corrected chi connectivity index (χ1v) is 6.50. The van der Waals surface area contributed by atoms with Crippen LogP contribution in [0, 0.1) is 13.8 Å². The minimum absolute atomic E-state index is 0.0892. The molecule has 20 heavy (non-hydrogen) atoms. The molecule has 0 saturated heterocycles. The molecule has 0 unspecified atom stereocenters. The van der Waals surface area contributed by atoms with Gasteiger partial charge in [-0.05, 0) is 13.8 Å². The van der Waals surface area contributed by atoms with E-state index >= 15 is 0 Å². The van der Waals surface area contributed by atoms with Gasteiger partial charge in [-0.25, -0.2) is 0 Å². The zero-order valence-electron chi connectivity index (χ0n) is 11.4. The van der Waals surface area contributed by atoms with Gasteiger partial charge in [0.2, 0.25) is 5.78 Å². The third kappa shape index (κ3) is 2.07. The molecule has 98 valence electrons. The molecule has 0 aliphatic rings. The fourth-order valence-corrected chi connectivity index (χ4v) is 2.25. The molecule has 0 aliphatic heterocycles. The predicted molar refractivity (Wildman–Crippen MR) is 78.9 cm³/mol. The van der Waals surface area contributed by atoms with Crippen molar-refractivity contribution in [3.05, 3.63) is 71.0 Å². The monoisotopic (exact) mass is 262 g/mol. The second-order valence-corrected chi connectivity index (χ2v) is 4.87. The summed E-state index contributed by atoms with van der Waals surface area (Å²) >= 11 is 0. The third-order valence-electron chi connectivity index (χ3n) is 3.40. The average Bonchev–Trinajstić information content (AvgIpc) is 2.48. The molecular weight excluding hydrogens is 248 g/mol. The van der Waals surface area contributed by atoms with Crippen molar-refractivity contribution in [3.8, 4) is 0 Å². The molecule has 1 aromatic heterocycles. The first kappa shape index (κ1) is 12.5. The van der Waals surface area contributed by atoms with Crippen molar-refractivity contribution in [1.29, 1.82) is 0 Å². The van der Waals surface area contributed by atoms with E-state index in [1.807, 2.05) is 62.4 Å². The molecule has 0 N–H and O–H groups in total. The van der Waals surface area contributed by atoms with Crippen LogP contribution in [0.1, 0.15) is 27.3 Å². The molecule has 0 aliphatic carbocycles. The van der Waals surface area contributed by atoms with Crippen LogP contribution in [0.5, 0.6) is 0 Å². The zero-order valence-corrected chi connectivity index (χ0v) is 11.4. The molecular formula is C17H14N2O. The highest BCUT2D eigenvalue weighted by Gasteiger charge is 2.15. The number of aromatic nitrogens is 2. The normalized spacial score (nSPS) is 10.7. The lowest BCUT2D eigenvalue weighted by Crippen LogP contribution is -2.07. The zero-order chi connectivity index (χ0) is 14.1. The van der Waals surface area contributed by atoms with Crippen LogP contribution >= 0.6 is 0 Å². The first-order chi connectivity index (χ1) is 9.66. The smallest absolute Gasteiger partial charge is 0.213 e. The summed E-state index contributed by atoms with van der Waals surface area (Å²) in [5.41, 5.74) is 3.01. The number of carbonyl (C=O) groups is 1. The molecule has 3 aromatic rings. The van der Waals surface area contributed by atoms with Crippen LogP contribution in [-0.4, -0.2) is 16.0 Å². The van der Waals surface area contributed by atoms with Crippen LogP contribution in [0.15, 0.2) is 48.5 Å². The molecule has 1 heterocycles. The van der Waals surface area contributed by atoms with Crippen molar-refractivity contribution in [2.45, 2.75) is 13.8 Å². The van der Waals surface area contributed by atoms with E-state index in [0.29, 0.717) is 11.3 Å². The maximum atomic E-state index is 12.6. The van der Waals surface area contributed by atoms with Crippen molar-refractivity contribution < 1.29 is 4.79 Å². The Morgan fingerprint density at radius 2 is 1.50 bits per heavy atom. The summed E-state index contributed by atoms with van der Waals surface area (Å²) in [6.45, 7) is 3.89. The molecule has 2 aromatic carbocycles. The van der Waals surface area contributed by atoms with Crippen LogP contribution in [-0.2, 0) is 0 Å². The quantitative estimate of drug-likeness (QED) is 0.664. The summed E-state index contributed by atoms with van der Waals surface area (Å²) < 4.78 is 0. The number of rotatable bonds is 2. The topological polar surface area (TPSA) is 42.9 Å². The number of hydrogen-bond acceptors (Lipinski definition) is 3. The van der Waals surface area contributed by atoms with Gasteiger partial charge in [-0.2, -0.15) is 5.10 Å². The summed E-state index contributed by atoms with van der Waals surface area (Å²) in [5, 5.41) is 10.0. The molecule has 3 rings (SSSR count). The predicted octanol–water partition coefficient (Wildman–Crippen LogP) is 3.48. The Balaban J connectivity index is 2.17. The maximum Gasteiger partial charge on any atom is 0.213 e. The van der Waals surface area contributed by atoms with E-state index in [1.54, 1.807) is 0 Å². The molecule has 0 fully saturated rings. The summed E-state index contributed by atoms with van der Waals surface area (Å²) in [6.07, 6.45) is 0. The number of benzene rings is 2. The average molecular weight is 262 g/mol. The van der Waals surface area contributed by atoms with Gasteiger partial charge in [0, 0.05) is 16.3 Å². The Labute approximate surface area is 117 Å². The fraction of sp³-hybridized carbons (Fsp3) is 0.118. The number of carbonyl (C=O) groups excluding carboxylic acids is 1. The van der Waals surface area contributed by atoms with E-state index in [2.05, 4.69) is 10.2 Å². The molecule has 0 amide bonds. The highest BCUT2D eigenvalue weighted by molar-refractivity contribution is 6.15. The largest absolute Gasteiger partial charge is 0.287 e. The van der Waals surface area contributed by atoms with Crippen molar-refractivity contribution in [3.63, 3.8) is 0 Å². The van der Waals surface area contributed by atoms with Crippen LogP contribution in [0.2, 0.25) is 0 Å². The van der Waals surface area contributed by atoms with Gasteiger partial charge in [0.1, 0.15) is 5.69 Å². The maximum absolute atomic E-state index is 12.6. The molecule has 0 atom stereocenters. The lowest BCUT2D eigenvalue weighted by Gasteiger charge is -2.06. The number of aryl methyl sites for hydroxylation is 2. The van der Waals surface area contributed by atoms with E-state index in [-0.39, 0.29) is 5.78 Å². The standard InChI is InChI=1S/C17H14N2O/c1-11-7-9-13(10-8-11)17(20)16-15-6-4-3-5-14(15)12(2)18-19-16/h3-10H,1-2H3. The van der Waals surface area contributed by atoms with E-state index in [1.165, 1.54) is 0 Å². The Morgan fingerprint density at radius 3 is 2.20 bits per heavy atom. The minimum Gasteiger partial charge on any atom is -0.287 e. The lowest BCUT2D eigenvalue weighted by atomic mass is 10.0. The highest BCUT2D eigenvalue weighted by Crippen LogP contribution is 2.21. The van der Waals surface area contributed by atoms with Crippen LogP contribution in [0.25, 0.3) is 10.8 Å². The van der Waals surface area contributed by atoms with Gasteiger partial charge in [-0.1, -0.05) is 54.1 Å². The van der Waals surface area contributed by atoms with E-state index < -0.39 is 0 Å². The van der Waals surface area contributed by atoms with Gasteiger partial charge >= 0.3 is 0 Å². The summed E-state index contributed by atoms with van der Waals surface area (Å²) in [4.78, 5) is 12.6. The van der Waals surface area contributed by atoms with E-state index in [9.17, 15) is 4.79 Å². The summed E-state index contributed by atoms with van der Waals surface area (Å²) in [6, 6.07) is 15.2. The van der Waals surface area contributed by atoms with Gasteiger partial charge < -0.3 is 0 Å². The summed E-state index contributed by atoms with van der Waals surface area (Å²) in [5.74, 6) is -0.0892. The molecule has 0 radical (unpaired) electrons. The van der Waals surface area contributed by atoms with Crippen molar-refractivity contribution in [2.24, 2.45) is 0 Å². The Bertz CT molecular complexity index is 792. The highest BCUT2D eigenvalue weighted by atomic mass is 16.1. The SMILES string of the molecule is Cc1ccc(C(=O)c2nnc(C)c3ccccc23)cc1. The second kappa shape index (κ2) is 4.85. The van der Waals surface area contributed by atoms with Gasteiger partial charge in [0.15, 0.2) is 0 Å². The molecule has 0 spiro atoms. The Kier molecular flexibility index (Phi) is 3.03. The van der Waals surface area contributed by atoms with E-state index in [0.717, 1.165) is 22.0 Å². The van der Waals surface area contributed by atoms with Crippen molar-refractivity contribution >= 4 is 16.6 Å². The van der Waals surface area contributed by atoms with Gasteiger partial charge in [0.05, 0.1) is 5.69 Å². The molecule has 3 nitrogen and oxygen atoms in total. The number of nitrogens with zero attached hydrogens (tertiary/aromatic N) is 2. The van der Waals surface area contributed by atoms with E-state index in [4.69, 9.17) is 0 Å². The van der Waals surface area contributed by atoms with Crippen molar-refractivity contribution in [1.82, 2.24) is 10.2 Å². The first-order valence-electron chi connectivity index (χ1n) is 6.50. The number of hydrogen-bond donors (Lipinski definition) is 0. The lowest BCUT2D eigenvalue weighted by molar-refractivity contribution is 0.103. The Morgan fingerprint density at radius 1 is 0.850 bits per heavy atom. The fourth-order valence-electron chi connectivity index (χ4n) is 2.25. The van der Waals surface area contributed by atoms with Crippen LogP contribution < -0.4 is 0 Å². The van der Waals surface area contributed by atoms with Crippen molar-refractivity contribution in [2.75, 3.05) is 0 Å². The minimum atomic E-state index is -0.0892. The summed E-state index contributed by atoms with van der Waals surface area (Å²) in [7, 11) is 0. The van der Waals surface area contributed by atoms with Gasteiger partial charge in [-0.15, -0.1) is 5.10 Å². The molecule has 0 saturated carbocycles. The van der Waals surface area contributed by atoms with Gasteiger partial charge in [-0.3, -0.25) is 4.79 Å². The Hall–Kier alpha value is -2.55. The van der Waals surface area contributed by atoms with Crippen LogP contribution in [0.4, 0.5) is 0 Å². The van der Waals surface area contributed by atoms with Crippen LogP contribution in [0.3, 0.4) is 0 Å². The number of fused-ring (bicyclic) bond motifs is 1. The molecule has 0 bridgehead atoms.